The average molecular weight is 343 g/mol. The second-order valence-electron chi connectivity index (χ2n) is 5.10. The topological polar surface area (TPSA) is 48.7 Å². The Bertz CT molecular complexity index is 924. The van der Waals surface area contributed by atoms with Gasteiger partial charge in [0.1, 0.15) is 16.9 Å². The maximum Gasteiger partial charge on any atom is 0.341 e. The number of hydrogen-bond donors (Lipinski definition) is 0. The number of hydrogen-bond acceptors (Lipinski definition) is 4. The molecule has 3 aromatic rings. The highest BCUT2D eigenvalue weighted by Gasteiger charge is 2.19. The molecule has 24 heavy (non-hydrogen) atoms. The molecule has 0 aliphatic carbocycles. The van der Waals surface area contributed by atoms with E-state index >= 15 is 0 Å². The van der Waals surface area contributed by atoms with Gasteiger partial charge in [0.15, 0.2) is 0 Å². The minimum atomic E-state index is -0.495. The molecule has 0 unspecified atom stereocenters. The molecule has 0 radical (unpaired) electrons. The molecule has 1 heterocycles. The zero-order chi connectivity index (χ0) is 17.1. The Hall–Kier alpha value is -2.72. The molecule has 2 aromatic carbocycles. The highest BCUT2D eigenvalue weighted by Crippen LogP contribution is 2.33. The van der Waals surface area contributed by atoms with Crippen LogP contribution >= 0.6 is 11.6 Å². The number of benzene rings is 2. The minimum absolute atomic E-state index is 0.289. The number of fused-ring (bicyclic) bond motifs is 1. The fourth-order valence-electron chi connectivity index (χ4n) is 2.51. The maximum absolute atomic E-state index is 12.0. The Morgan fingerprint density at radius 3 is 2.62 bits per heavy atom. The summed E-state index contributed by atoms with van der Waals surface area (Å²) in [6.07, 6.45) is 1.35. The third-order valence-electron chi connectivity index (χ3n) is 3.58. The van der Waals surface area contributed by atoms with E-state index in [1.165, 1.54) is 20.5 Å². The molecule has 0 fully saturated rings. The predicted octanol–water partition coefficient (Wildman–Crippen LogP) is 4.91. The molecule has 0 spiro atoms. The number of ether oxygens (including phenoxy) is 2. The van der Waals surface area contributed by atoms with Crippen LogP contribution in [0.3, 0.4) is 0 Å². The smallest absolute Gasteiger partial charge is 0.341 e. The van der Waals surface area contributed by atoms with Gasteiger partial charge in [-0.1, -0.05) is 41.9 Å². The van der Waals surface area contributed by atoms with Gasteiger partial charge in [-0.05, 0) is 18.2 Å². The third kappa shape index (κ3) is 3.01. The summed E-state index contributed by atoms with van der Waals surface area (Å²) in [7, 11) is 2.80. The number of methoxy groups -OCH3 is 2. The number of esters is 1. The number of halogens is 1. The van der Waals surface area contributed by atoms with Crippen molar-refractivity contribution in [2.24, 2.45) is 0 Å². The second kappa shape index (κ2) is 6.81. The van der Waals surface area contributed by atoms with E-state index in [1.807, 2.05) is 36.4 Å². The molecule has 0 saturated heterocycles. The van der Waals surface area contributed by atoms with Gasteiger partial charge in [0.05, 0.1) is 20.5 Å². The molecule has 0 N–H and O–H groups in total. The number of para-hydroxylation sites is 1. The lowest BCUT2D eigenvalue weighted by atomic mass is 10.0. The number of carbonyl (C=O) groups is 1. The van der Waals surface area contributed by atoms with Crippen LogP contribution in [0, 0.1) is 0 Å². The van der Waals surface area contributed by atoms with Crippen LogP contribution in [0.4, 0.5) is 0 Å². The summed E-state index contributed by atoms with van der Waals surface area (Å²) in [4.78, 5) is 12.0. The van der Waals surface area contributed by atoms with Gasteiger partial charge in [-0.2, -0.15) is 0 Å². The first kappa shape index (κ1) is 16.1. The van der Waals surface area contributed by atoms with E-state index in [4.69, 9.17) is 25.5 Å². The Kier molecular flexibility index (Phi) is 4.58. The van der Waals surface area contributed by atoms with Crippen molar-refractivity contribution in [3.05, 3.63) is 65.4 Å². The van der Waals surface area contributed by atoms with Gasteiger partial charge in [0.25, 0.3) is 0 Å². The number of furan rings is 1. The van der Waals surface area contributed by atoms with Gasteiger partial charge in [-0.3, -0.25) is 0 Å². The fraction of sp³-hybridized carbons (Fsp3) is 0.105. The summed E-state index contributed by atoms with van der Waals surface area (Å²) >= 11 is 6.05. The van der Waals surface area contributed by atoms with Gasteiger partial charge in [-0.25, -0.2) is 4.79 Å². The van der Waals surface area contributed by atoms with Gasteiger partial charge in [0, 0.05) is 21.5 Å². The molecule has 0 atom stereocenters. The van der Waals surface area contributed by atoms with Crippen molar-refractivity contribution in [3.8, 4) is 11.3 Å². The highest BCUT2D eigenvalue weighted by molar-refractivity contribution is 6.30. The highest BCUT2D eigenvalue weighted by atomic mass is 35.5. The van der Waals surface area contributed by atoms with E-state index in [1.54, 1.807) is 12.1 Å². The molecule has 0 saturated carbocycles. The van der Waals surface area contributed by atoms with Crippen molar-refractivity contribution in [2.75, 3.05) is 14.2 Å². The zero-order valence-corrected chi connectivity index (χ0v) is 14.0. The first-order valence-electron chi connectivity index (χ1n) is 7.24. The lowest BCUT2D eigenvalue weighted by Gasteiger charge is -2.06. The van der Waals surface area contributed by atoms with Crippen molar-refractivity contribution in [3.63, 3.8) is 0 Å². The van der Waals surface area contributed by atoms with Crippen molar-refractivity contribution in [1.82, 2.24) is 0 Å². The first-order chi connectivity index (χ1) is 11.6. The van der Waals surface area contributed by atoms with Gasteiger partial charge in [-0.15, -0.1) is 0 Å². The van der Waals surface area contributed by atoms with E-state index in [2.05, 4.69) is 0 Å². The van der Waals surface area contributed by atoms with Crippen LogP contribution < -0.4 is 0 Å². The van der Waals surface area contributed by atoms with Crippen molar-refractivity contribution < 1.29 is 18.7 Å². The molecular formula is C19H15ClO4. The summed E-state index contributed by atoms with van der Waals surface area (Å²) in [5.74, 6) is 0.173. The SMILES string of the molecule is COC=C(C(=O)OC)c1cccc2cc(-c3cccc(Cl)c3)oc12. The third-order valence-corrected chi connectivity index (χ3v) is 3.82. The maximum atomic E-state index is 12.0. The quantitative estimate of drug-likeness (QED) is 0.384. The van der Waals surface area contributed by atoms with Gasteiger partial charge in [0.2, 0.25) is 0 Å². The summed E-state index contributed by atoms with van der Waals surface area (Å²) in [5.41, 5.74) is 2.34. The summed E-state index contributed by atoms with van der Waals surface area (Å²) in [6.45, 7) is 0. The lowest BCUT2D eigenvalue weighted by Crippen LogP contribution is -2.04. The number of carbonyl (C=O) groups excluding carboxylic acids is 1. The van der Waals surface area contributed by atoms with Crippen LogP contribution in [0.5, 0.6) is 0 Å². The van der Waals surface area contributed by atoms with E-state index in [-0.39, 0.29) is 5.57 Å². The zero-order valence-electron chi connectivity index (χ0n) is 13.2. The van der Waals surface area contributed by atoms with Crippen molar-refractivity contribution in [1.29, 1.82) is 0 Å². The average Bonchev–Trinajstić information content (AvgIpc) is 3.03. The molecule has 0 aliphatic heterocycles. The molecule has 0 amide bonds. The Labute approximate surface area is 144 Å². The molecule has 0 bridgehead atoms. The minimum Gasteiger partial charge on any atom is -0.503 e. The van der Waals surface area contributed by atoms with Crippen LogP contribution in [0.2, 0.25) is 5.02 Å². The molecule has 122 valence electrons. The van der Waals surface area contributed by atoms with E-state index in [0.29, 0.717) is 21.9 Å². The monoisotopic (exact) mass is 342 g/mol. The Morgan fingerprint density at radius 2 is 1.92 bits per heavy atom. The molecule has 3 rings (SSSR count). The van der Waals surface area contributed by atoms with E-state index in [0.717, 1.165) is 10.9 Å². The Balaban J connectivity index is 2.17. The van der Waals surface area contributed by atoms with Gasteiger partial charge < -0.3 is 13.9 Å². The second-order valence-corrected chi connectivity index (χ2v) is 5.54. The molecule has 4 nitrogen and oxygen atoms in total. The lowest BCUT2D eigenvalue weighted by molar-refractivity contribution is -0.133. The molecular weight excluding hydrogens is 328 g/mol. The molecule has 0 aliphatic rings. The summed E-state index contributed by atoms with van der Waals surface area (Å²) in [6, 6.07) is 14.9. The van der Waals surface area contributed by atoms with E-state index in [9.17, 15) is 4.79 Å². The van der Waals surface area contributed by atoms with Crippen LogP contribution in [-0.4, -0.2) is 20.2 Å². The van der Waals surface area contributed by atoms with Crippen molar-refractivity contribution in [2.45, 2.75) is 0 Å². The van der Waals surface area contributed by atoms with Crippen LogP contribution in [-0.2, 0) is 14.3 Å². The van der Waals surface area contributed by atoms with Crippen LogP contribution in [0.25, 0.3) is 27.9 Å². The molecule has 1 aromatic heterocycles. The Morgan fingerprint density at radius 1 is 1.12 bits per heavy atom. The standard InChI is InChI=1S/C19H15ClO4/c1-22-11-16(19(21)23-2)15-8-4-6-13-10-17(24-18(13)15)12-5-3-7-14(20)9-12/h3-11H,1-2H3. The van der Waals surface area contributed by atoms with Crippen LogP contribution in [0.1, 0.15) is 5.56 Å². The van der Waals surface area contributed by atoms with E-state index < -0.39 is 5.97 Å². The normalized spacial score (nSPS) is 11.5. The summed E-state index contributed by atoms with van der Waals surface area (Å²) in [5, 5.41) is 1.50. The predicted molar refractivity (Wildman–Crippen MR) is 93.7 cm³/mol. The van der Waals surface area contributed by atoms with Crippen LogP contribution in [0.15, 0.2) is 59.2 Å². The molecule has 5 heteroatoms. The number of rotatable bonds is 4. The van der Waals surface area contributed by atoms with Gasteiger partial charge >= 0.3 is 5.97 Å². The fourth-order valence-corrected chi connectivity index (χ4v) is 2.70. The largest absolute Gasteiger partial charge is 0.503 e. The van der Waals surface area contributed by atoms with Crippen molar-refractivity contribution >= 4 is 34.1 Å². The summed E-state index contributed by atoms with van der Waals surface area (Å²) < 4.78 is 15.8. The first-order valence-corrected chi connectivity index (χ1v) is 7.62.